The lowest BCUT2D eigenvalue weighted by atomic mass is 9.85. The van der Waals surface area contributed by atoms with Crippen LogP contribution in [0.1, 0.15) is 19.8 Å². The van der Waals surface area contributed by atoms with Gasteiger partial charge >= 0.3 is 0 Å². The first-order valence-electron chi connectivity index (χ1n) is 6.36. The fourth-order valence-corrected chi connectivity index (χ4v) is 2.57. The summed E-state index contributed by atoms with van der Waals surface area (Å²) in [5.41, 5.74) is 5.37. The van der Waals surface area contributed by atoms with E-state index in [0.717, 1.165) is 19.5 Å². The van der Waals surface area contributed by atoms with E-state index < -0.39 is 5.41 Å². The van der Waals surface area contributed by atoms with Gasteiger partial charge < -0.3 is 20.7 Å². The third-order valence-corrected chi connectivity index (χ3v) is 4.21. The molecule has 3 atom stereocenters. The molecule has 5 nitrogen and oxygen atoms in total. The van der Waals surface area contributed by atoms with Crippen molar-refractivity contribution < 1.29 is 9.53 Å². The number of hydrogen-bond acceptors (Lipinski definition) is 4. The van der Waals surface area contributed by atoms with Crippen LogP contribution in [0.4, 0.5) is 0 Å². The molecule has 1 amide bonds. The zero-order valence-electron chi connectivity index (χ0n) is 10.7. The quantitative estimate of drug-likeness (QED) is 0.703. The molecular formula is C12H23N3O2. The van der Waals surface area contributed by atoms with Gasteiger partial charge in [-0.15, -0.1) is 0 Å². The third-order valence-electron chi connectivity index (χ3n) is 4.21. The lowest BCUT2D eigenvalue weighted by molar-refractivity contribution is -0.130. The van der Waals surface area contributed by atoms with E-state index in [1.54, 1.807) is 0 Å². The van der Waals surface area contributed by atoms with Crippen LogP contribution in [0.25, 0.3) is 0 Å². The summed E-state index contributed by atoms with van der Waals surface area (Å²) in [6, 6.07) is 0.282. The lowest BCUT2D eigenvalue weighted by Gasteiger charge is -2.27. The summed E-state index contributed by atoms with van der Waals surface area (Å²) in [5.74, 6) is 0.0304. The summed E-state index contributed by atoms with van der Waals surface area (Å²) >= 11 is 0. The van der Waals surface area contributed by atoms with E-state index in [1.165, 1.54) is 6.42 Å². The minimum atomic E-state index is -0.558. The van der Waals surface area contributed by atoms with Crippen LogP contribution in [-0.2, 0) is 9.53 Å². The monoisotopic (exact) mass is 241 g/mol. The van der Waals surface area contributed by atoms with Crippen LogP contribution in [0.15, 0.2) is 0 Å². The fraction of sp³-hybridized carbons (Fsp3) is 0.917. The Morgan fingerprint density at radius 3 is 2.94 bits per heavy atom. The van der Waals surface area contributed by atoms with Gasteiger partial charge in [-0.05, 0) is 33.4 Å². The van der Waals surface area contributed by atoms with Gasteiger partial charge in [0.15, 0.2) is 0 Å². The maximum atomic E-state index is 12.2. The van der Waals surface area contributed by atoms with Crippen molar-refractivity contribution in [2.24, 2.45) is 11.1 Å². The smallest absolute Gasteiger partial charge is 0.229 e. The van der Waals surface area contributed by atoms with E-state index >= 15 is 0 Å². The highest BCUT2D eigenvalue weighted by Crippen LogP contribution is 2.27. The Kier molecular flexibility index (Phi) is 3.70. The van der Waals surface area contributed by atoms with Crippen LogP contribution >= 0.6 is 0 Å². The van der Waals surface area contributed by atoms with Crippen LogP contribution in [0.3, 0.4) is 0 Å². The molecule has 2 aliphatic heterocycles. The number of amides is 1. The molecule has 0 saturated carbocycles. The lowest BCUT2D eigenvalue weighted by Crippen LogP contribution is -2.52. The zero-order chi connectivity index (χ0) is 12.5. The molecule has 3 unspecified atom stereocenters. The molecule has 5 heteroatoms. The van der Waals surface area contributed by atoms with Crippen molar-refractivity contribution in [1.82, 2.24) is 10.2 Å². The van der Waals surface area contributed by atoms with Crippen LogP contribution in [0.5, 0.6) is 0 Å². The molecule has 0 radical (unpaired) electrons. The van der Waals surface area contributed by atoms with Crippen molar-refractivity contribution >= 4 is 5.91 Å². The topological polar surface area (TPSA) is 67.6 Å². The Morgan fingerprint density at radius 1 is 1.65 bits per heavy atom. The van der Waals surface area contributed by atoms with Crippen LogP contribution < -0.4 is 11.1 Å². The van der Waals surface area contributed by atoms with E-state index in [-0.39, 0.29) is 11.9 Å². The number of likely N-dealkylation sites (N-methyl/N-ethyl adjacent to an activating group) is 1. The molecule has 0 aromatic carbocycles. The Morgan fingerprint density at radius 2 is 2.41 bits per heavy atom. The first kappa shape index (κ1) is 12.8. The second kappa shape index (κ2) is 4.92. The highest BCUT2D eigenvalue weighted by Gasteiger charge is 2.44. The van der Waals surface area contributed by atoms with E-state index in [1.807, 2.05) is 6.92 Å². The Labute approximate surface area is 103 Å². The molecule has 3 N–H and O–H groups in total. The summed E-state index contributed by atoms with van der Waals surface area (Å²) in [7, 11) is 2.11. The minimum absolute atomic E-state index is 0.0304. The van der Waals surface area contributed by atoms with Gasteiger partial charge in [0.25, 0.3) is 0 Å². The van der Waals surface area contributed by atoms with E-state index in [9.17, 15) is 4.79 Å². The van der Waals surface area contributed by atoms with Crippen LogP contribution in [0, 0.1) is 5.41 Å². The third kappa shape index (κ3) is 2.46. The molecule has 2 heterocycles. The molecule has 0 aromatic heterocycles. The predicted octanol–water partition coefficient (Wildman–Crippen LogP) is -0.439. The van der Waals surface area contributed by atoms with Gasteiger partial charge in [-0.2, -0.15) is 0 Å². The molecule has 2 saturated heterocycles. The maximum absolute atomic E-state index is 12.2. The standard InChI is InChI=1S/C12H23N3O2/c1-12(8-17-7-10(12)13)11(16)14-6-9-4-3-5-15(9)2/h9-10H,3-8,13H2,1-2H3,(H,14,16). The number of hydrogen-bond donors (Lipinski definition) is 2. The average molecular weight is 241 g/mol. The zero-order valence-corrected chi connectivity index (χ0v) is 10.7. The maximum Gasteiger partial charge on any atom is 0.229 e. The number of carbonyl (C=O) groups is 1. The molecule has 0 aromatic rings. The van der Waals surface area contributed by atoms with E-state index in [4.69, 9.17) is 10.5 Å². The number of carbonyl (C=O) groups excluding carboxylic acids is 1. The van der Waals surface area contributed by atoms with Crippen LogP contribution in [-0.4, -0.2) is 56.2 Å². The SMILES string of the molecule is CN1CCCC1CNC(=O)C1(C)COCC1N. The largest absolute Gasteiger partial charge is 0.379 e. The van der Waals surface area contributed by atoms with Gasteiger partial charge in [0.05, 0.1) is 18.6 Å². The number of nitrogens with zero attached hydrogens (tertiary/aromatic N) is 1. The Hall–Kier alpha value is -0.650. The number of rotatable bonds is 3. The van der Waals surface area contributed by atoms with Crippen molar-refractivity contribution in [3.05, 3.63) is 0 Å². The summed E-state index contributed by atoms with van der Waals surface area (Å²) in [4.78, 5) is 14.5. The number of ether oxygens (including phenoxy) is 1. The van der Waals surface area contributed by atoms with Gasteiger partial charge in [-0.25, -0.2) is 0 Å². The van der Waals surface area contributed by atoms with Crippen molar-refractivity contribution in [2.75, 3.05) is 33.4 Å². The molecule has 0 bridgehead atoms. The van der Waals surface area contributed by atoms with E-state index in [2.05, 4.69) is 17.3 Å². The van der Waals surface area contributed by atoms with Crippen LogP contribution in [0.2, 0.25) is 0 Å². The number of nitrogens with two attached hydrogens (primary N) is 1. The molecular weight excluding hydrogens is 218 g/mol. The number of likely N-dealkylation sites (tertiary alicyclic amines) is 1. The highest BCUT2D eigenvalue weighted by atomic mass is 16.5. The Balaban J connectivity index is 1.84. The average Bonchev–Trinajstić information content (AvgIpc) is 2.84. The predicted molar refractivity (Wildman–Crippen MR) is 65.6 cm³/mol. The molecule has 17 heavy (non-hydrogen) atoms. The van der Waals surface area contributed by atoms with Gasteiger partial charge in [0.1, 0.15) is 0 Å². The second-order valence-corrected chi connectivity index (χ2v) is 5.53. The normalized spacial score (nSPS) is 38.5. The molecule has 98 valence electrons. The van der Waals surface area contributed by atoms with Crippen molar-refractivity contribution in [2.45, 2.75) is 31.8 Å². The highest BCUT2D eigenvalue weighted by molar-refractivity contribution is 5.83. The van der Waals surface area contributed by atoms with Gasteiger partial charge in [-0.3, -0.25) is 4.79 Å². The van der Waals surface area contributed by atoms with E-state index in [0.29, 0.717) is 19.3 Å². The van der Waals surface area contributed by atoms with Crippen molar-refractivity contribution in [3.8, 4) is 0 Å². The summed E-state index contributed by atoms with van der Waals surface area (Å²) in [6.45, 7) is 4.64. The summed E-state index contributed by atoms with van der Waals surface area (Å²) in [6.07, 6.45) is 2.38. The minimum Gasteiger partial charge on any atom is -0.379 e. The van der Waals surface area contributed by atoms with Gasteiger partial charge in [-0.1, -0.05) is 0 Å². The first-order chi connectivity index (χ1) is 8.04. The molecule has 2 aliphatic rings. The molecule has 0 spiro atoms. The number of nitrogens with one attached hydrogen (secondary N) is 1. The summed E-state index contributed by atoms with van der Waals surface area (Å²) in [5, 5.41) is 3.03. The summed E-state index contributed by atoms with van der Waals surface area (Å²) < 4.78 is 5.29. The first-order valence-corrected chi connectivity index (χ1v) is 6.36. The molecule has 0 aliphatic carbocycles. The molecule has 2 fully saturated rings. The van der Waals surface area contributed by atoms with Gasteiger partial charge in [0, 0.05) is 18.6 Å². The fourth-order valence-electron chi connectivity index (χ4n) is 2.57. The second-order valence-electron chi connectivity index (χ2n) is 5.53. The molecule has 2 rings (SSSR count). The van der Waals surface area contributed by atoms with Gasteiger partial charge in [0.2, 0.25) is 5.91 Å². The van der Waals surface area contributed by atoms with Crippen molar-refractivity contribution in [1.29, 1.82) is 0 Å². The Bertz CT molecular complexity index is 297. The van der Waals surface area contributed by atoms with Crippen molar-refractivity contribution in [3.63, 3.8) is 0 Å².